The molecule has 0 bridgehead atoms. The minimum atomic E-state index is -0.632. The Labute approximate surface area is 190 Å². The van der Waals surface area contributed by atoms with Gasteiger partial charge in [0.05, 0.1) is 29.9 Å². The first kappa shape index (κ1) is 25.1. The third-order valence-electron chi connectivity index (χ3n) is 5.22. The summed E-state index contributed by atoms with van der Waals surface area (Å²) in [6.45, 7) is 6.78. The molecule has 31 heavy (non-hydrogen) atoms. The maximum Gasteiger partial charge on any atom is 0.338 e. The number of unbranched alkanes of at least 4 members (excludes halogenated alkanes) is 6. The molecule has 1 atom stereocenters. The quantitative estimate of drug-likeness (QED) is 0.283. The standard InChI is InChI=1S/C24H35ClN2O4/c1-4-6-7-8-9-10-11-15-30-20-13-12-18(16-19(20)25)22-21(23(28)31-14-5-2)17(3)26-24(29)27-22/h12-13,16,22H,4-11,14-15H2,1-3H3,(H2,26,27,29). The molecule has 0 fully saturated rings. The van der Waals surface area contributed by atoms with Gasteiger partial charge in [0.25, 0.3) is 0 Å². The molecule has 1 aromatic rings. The van der Waals surface area contributed by atoms with Gasteiger partial charge in [-0.15, -0.1) is 0 Å². The summed E-state index contributed by atoms with van der Waals surface area (Å²) in [7, 11) is 0. The zero-order valence-electron chi connectivity index (χ0n) is 18.9. The van der Waals surface area contributed by atoms with Gasteiger partial charge in [-0.05, 0) is 37.5 Å². The average molecular weight is 451 g/mol. The largest absolute Gasteiger partial charge is 0.492 e. The smallest absolute Gasteiger partial charge is 0.338 e. The lowest BCUT2D eigenvalue weighted by atomic mass is 9.95. The van der Waals surface area contributed by atoms with Gasteiger partial charge >= 0.3 is 12.0 Å². The van der Waals surface area contributed by atoms with E-state index in [0.29, 0.717) is 40.8 Å². The van der Waals surface area contributed by atoms with Gasteiger partial charge in [0.1, 0.15) is 5.75 Å². The van der Waals surface area contributed by atoms with Crippen LogP contribution in [0.3, 0.4) is 0 Å². The van der Waals surface area contributed by atoms with Gasteiger partial charge in [0.15, 0.2) is 0 Å². The van der Waals surface area contributed by atoms with E-state index in [4.69, 9.17) is 21.1 Å². The molecule has 2 amide bonds. The molecule has 1 aliphatic rings. The number of benzene rings is 1. The first-order chi connectivity index (χ1) is 15.0. The molecule has 0 aliphatic carbocycles. The van der Waals surface area contributed by atoms with Gasteiger partial charge in [-0.3, -0.25) is 0 Å². The van der Waals surface area contributed by atoms with Crippen molar-refractivity contribution in [2.45, 2.75) is 78.2 Å². The summed E-state index contributed by atoms with van der Waals surface area (Å²) in [6.07, 6.45) is 9.24. The Morgan fingerprint density at radius 3 is 2.42 bits per heavy atom. The fraction of sp³-hybridized carbons (Fsp3) is 0.583. The van der Waals surface area contributed by atoms with Crippen molar-refractivity contribution < 1.29 is 19.1 Å². The topological polar surface area (TPSA) is 76.7 Å². The number of hydrogen-bond acceptors (Lipinski definition) is 4. The van der Waals surface area contributed by atoms with E-state index in [2.05, 4.69) is 17.6 Å². The Morgan fingerprint density at radius 2 is 1.74 bits per heavy atom. The molecule has 2 rings (SSSR count). The zero-order valence-corrected chi connectivity index (χ0v) is 19.6. The normalized spacial score (nSPS) is 16.0. The highest BCUT2D eigenvalue weighted by Crippen LogP contribution is 2.33. The third-order valence-corrected chi connectivity index (χ3v) is 5.52. The molecular formula is C24H35ClN2O4. The van der Waals surface area contributed by atoms with Crippen LogP contribution in [0, 0.1) is 0 Å². The molecular weight excluding hydrogens is 416 g/mol. The van der Waals surface area contributed by atoms with Crippen LogP contribution in [0.15, 0.2) is 29.5 Å². The zero-order chi connectivity index (χ0) is 22.6. The Bertz CT molecular complexity index is 779. The van der Waals surface area contributed by atoms with Crippen LogP contribution in [0.5, 0.6) is 5.75 Å². The molecule has 0 saturated carbocycles. The molecule has 2 N–H and O–H groups in total. The van der Waals surface area contributed by atoms with Gasteiger partial charge in [0, 0.05) is 5.70 Å². The van der Waals surface area contributed by atoms with Gasteiger partial charge < -0.3 is 20.1 Å². The summed E-state index contributed by atoms with van der Waals surface area (Å²) in [5.74, 6) is 0.153. The molecule has 1 aromatic carbocycles. The van der Waals surface area contributed by atoms with Crippen molar-refractivity contribution >= 4 is 23.6 Å². The van der Waals surface area contributed by atoms with Gasteiger partial charge in [-0.25, -0.2) is 9.59 Å². The number of ether oxygens (including phenoxy) is 2. The van der Waals surface area contributed by atoms with Crippen molar-refractivity contribution in [3.05, 3.63) is 40.1 Å². The van der Waals surface area contributed by atoms with Crippen LogP contribution in [0.25, 0.3) is 0 Å². The van der Waals surface area contributed by atoms with Crippen LogP contribution in [0.4, 0.5) is 4.79 Å². The molecule has 7 heteroatoms. The first-order valence-electron chi connectivity index (χ1n) is 11.4. The highest BCUT2D eigenvalue weighted by molar-refractivity contribution is 6.32. The Kier molecular flexibility index (Phi) is 10.7. The third kappa shape index (κ3) is 7.76. The molecule has 0 radical (unpaired) electrons. The summed E-state index contributed by atoms with van der Waals surface area (Å²) in [6, 6.07) is 4.34. The lowest BCUT2D eigenvalue weighted by Gasteiger charge is -2.28. The second-order valence-electron chi connectivity index (χ2n) is 7.87. The van der Waals surface area contributed by atoms with E-state index in [9.17, 15) is 9.59 Å². The Morgan fingerprint density at radius 1 is 1.03 bits per heavy atom. The molecule has 0 aromatic heterocycles. The predicted octanol–water partition coefficient (Wildman–Crippen LogP) is 6.05. The molecule has 1 unspecified atom stereocenters. The van der Waals surface area contributed by atoms with Crippen molar-refractivity contribution in [1.82, 2.24) is 10.6 Å². The number of halogens is 1. The van der Waals surface area contributed by atoms with E-state index < -0.39 is 12.0 Å². The summed E-state index contributed by atoms with van der Waals surface area (Å²) in [4.78, 5) is 24.6. The molecule has 0 spiro atoms. The first-order valence-corrected chi connectivity index (χ1v) is 11.7. The minimum Gasteiger partial charge on any atom is -0.492 e. The van der Waals surface area contributed by atoms with Crippen molar-refractivity contribution in [1.29, 1.82) is 0 Å². The van der Waals surface area contributed by atoms with E-state index in [-0.39, 0.29) is 6.03 Å². The number of amides is 2. The maximum atomic E-state index is 12.6. The van der Waals surface area contributed by atoms with Crippen LogP contribution in [-0.2, 0) is 9.53 Å². The number of urea groups is 1. The van der Waals surface area contributed by atoms with Crippen LogP contribution < -0.4 is 15.4 Å². The van der Waals surface area contributed by atoms with Crippen LogP contribution in [0.2, 0.25) is 5.02 Å². The lowest BCUT2D eigenvalue weighted by Crippen LogP contribution is -2.45. The minimum absolute atomic E-state index is 0.322. The fourth-order valence-corrected chi connectivity index (χ4v) is 3.79. The molecule has 1 heterocycles. The van der Waals surface area contributed by atoms with Crippen LogP contribution >= 0.6 is 11.6 Å². The van der Waals surface area contributed by atoms with E-state index in [1.54, 1.807) is 19.1 Å². The number of rotatable bonds is 13. The van der Waals surface area contributed by atoms with Crippen molar-refractivity contribution in [2.75, 3.05) is 13.2 Å². The summed E-state index contributed by atoms with van der Waals surface area (Å²) >= 11 is 6.44. The highest BCUT2D eigenvalue weighted by atomic mass is 35.5. The number of hydrogen-bond donors (Lipinski definition) is 2. The number of allylic oxidation sites excluding steroid dienone is 1. The van der Waals surface area contributed by atoms with Gasteiger partial charge in [-0.1, -0.05) is 70.0 Å². The Hall–Kier alpha value is -2.21. The number of esters is 1. The summed E-state index contributed by atoms with van der Waals surface area (Å²) in [5.41, 5.74) is 1.55. The second kappa shape index (κ2) is 13.3. The lowest BCUT2D eigenvalue weighted by molar-refractivity contribution is -0.139. The number of nitrogens with one attached hydrogen (secondary N) is 2. The fourth-order valence-electron chi connectivity index (χ4n) is 3.54. The van der Waals surface area contributed by atoms with Crippen molar-refractivity contribution in [3.63, 3.8) is 0 Å². The maximum absolute atomic E-state index is 12.6. The average Bonchev–Trinajstić information content (AvgIpc) is 2.74. The molecule has 0 saturated heterocycles. The SMILES string of the molecule is CCCCCCCCCOc1ccc(C2NC(=O)NC(C)=C2C(=O)OCCC)cc1Cl. The van der Waals surface area contributed by atoms with Crippen LogP contribution in [-0.4, -0.2) is 25.2 Å². The second-order valence-corrected chi connectivity index (χ2v) is 8.27. The van der Waals surface area contributed by atoms with E-state index in [0.717, 1.165) is 19.3 Å². The monoisotopic (exact) mass is 450 g/mol. The summed E-state index contributed by atoms with van der Waals surface area (Å²) < 4.78 is 11.1. The Balaban J connectivity index is 1.99. The van der Waals surface area contributed by atoms with Gasteiger partial charge in [-0.2, -0.15) is 0 Å². The highest BCUT2D eigenvalue weighted by Gasteiger charge is 2.32. The van der Waals surface area contributed by atoms with E-state index >= 15 is 0 Å². The molecule has 6 nitrogen and oxygen atoms in total. The van der Waals surface area contributed by atoms with E-state index in [1.807, 2.05) is 13.0 Å². The van der Waals surface area contributed by atoms with E-state index in [1.165, 1.54) is 32.1 Å². The number of carbonyl (C=O) groups excluding carboxylic acids is 2. The van der Waals surface area contributed by atoms with Gasteiger partial charge in [0.2, 0.25) is 0 Å². The van der Waals surface area contributed by atoms with Crippen LogP contribution in [0.1, 0.15) is 83.7 Å². The van der Waals surface area contributed by atoms with Crippen molar-refractivity contribution in [2.24, 2.45) is 0 Å². The molecule has 172 valence electrons. The van der Waals surface area contributed by atoms with Crippen molar-refractivity contribution in [3.8, 4) is 5.75 Å². The summed E-state index contributed by atoms with van der Waals surface area (Å²) in [5, 5.41) is 5.88. The molecule has 1 aliphatic heterocycles. The predicted molar refractivity (Wildman–Crippen MR) is 123 cm³/mol. The number of carbonyl (C=O) groups is 2.